The average Bonchev–Trinajstić information content (AvgIpc) is 2.75. The smallest absolute Gasteiger partial charge is 0.406 e. The molecule has 0 saturated carbocycles. The largest absolute Gasteiger partial charge is 0.573 e. The van der Waals surface area contributed by atoms with Gasteiger partial charge in [-0.05, 0) is 42.3 Å². The van der Waals surface area contributed by atoms with E-state index < -0.39 is 6.36 Å². The predicted octanol–water partition coefficient (Wildman–Crippen LogP) is 4.76. The summed E-state index contributed by atoms with van der Waals surface area (Å²) in [5, 5.41) is 2.73. The van der Waals surface area contributed by atoms with Gasteiger partial charge in [0.1, 0.15) is 12.1 Å². The Hall–Kier alpha value is -4.01. The minimum absolute atomic E-state index is 0.0172. The van der Waals surface area contributed by atoms with Crippen LogP contribution in [0.25, 0.3) is 6.08 Å². The third-order valence-corrected chi connectivity index (χ3v) is 4.35. The summed E-state index contributed by atoms with van der Waals surface area (Å²) in [7, 11) is 0. The molecule has 164 valence electrons. The normalized spacial score (nSPS) is 11.4. The van der Waals surface area contributed by atoms with Crippen LogP contribution in [0.5, 0.6) is 5.75 Å². The van der Waals surface area contributed by atoms with E-state index in [1.807, 2.05) is 0 Å². The van der Waals surface area contributed by atoms with Crippen LogP contribution in [0, 0.1) is 6.92 Å². The second-order valence-corrected chi connectivity index (χ2v) is 6.82. The summed E-state index contributed by atoms with van der Waals surface area (Å²) >= 11 is 0. The van der Waals surface area contributed by atoms with Gasteiger partial charge in [-0.2, -0.15) is 0 Å². The van der Waals surface area contributed by atoms with Gasteiger partial charge in [-0.3, -0.25) is 9.59 Å². The highest BCUT2D eigenvalue weighted by Gasteiger charge is 2.30. The number of ether oxygens (including phenoxy) is 1. The van der Waals surface area contributed by atoms with E-state index in [4.69, 9.17) is 0 Å². The first kappa shape index (κ1) is 22.7. The molecule has 2 aromatic carbocycles. The fourth-order valence-electron chi connectivity index (χ4n) is 2.77. The zero-order valence-corrected chi connectivity index (χ0v) is 16.9. The van der Waals surface area contributed by atoms with Crippen LogP contribution in [-0.4, -0.2) is 28.0 Å². The Bertz CT molecular complexity index is 1130. The molecule has 0 fully saturated rings. The van der Waals surface area contributed by atoms with Crippen molar-refractivity contribution >= 4 is 23.5 Å². The molecule has 9 heteroatoms. The van der Waals surface area contributed by atoms with Crippen LogP contribution in [0.4, 0.5) is 18.9 Å². The van der Waals surface area contributed by atoms with E-state index in [0.717, 1.165) is 17.7 Å². The summed E-state index contributed by atoms with van der Waals surface area (Å²) in [6.45, 7) is 1.79. The third-order valence-electron chi connectivity index (χ3n) is 4.35. The Morgan fingerprint density at radius 1 is 1.06 bits per heavy atom. The number of aromatic nitrogens is 2. The van der Waals surface area contributed by atoms with Crippen LogP contribution in [0.2, 0.25) is 0 Å². The average molecular weight is 441 g/mol. The van der Waals surface area contributed by atoms with Crippen LogP contribution in [-0.2, 0) is 11.2 Å². The molecule has 1 N–H and O–H groups in total. The number of Topliss-reactive ketones (excluding diaryl/α,β-unsaturated/α-hetero) is 1. The Morgan fingerprint density at radius 3 is 2.41 bits per heavy atom. The number of nitrogens with zero attached hydrogens (tertiary/aromatic N) is 2. The van der Waals surface area contributed by atoms with E-state index in [1.54, 1.807) is 43.6 Å². The highest BCUT2D eigenvalue weighted by molar-refractivity contribution is 6.04. The van der Waals surface area contributed by atoms with Gasteiger partial charge in [-0.15, -0.1) is 13.2 Å². The van der Waals surface area contributed by atoms with Crippen molar-refractivity contribution in [2.75, 3.05) is 5.32 Å². The number of nitrogens with one attached hydrogen (secondary N) is 1. The maximum absolute atomic E-state index is 12.6. The SMILES string of the molecule is Cc1ccc(C(=O)Cc2ccc(OC(F)(F)F)cc2)cc1NC(=O)/C=C/c1cncnc1. The van der Waals surface area contributed by atoms with Crippen LogP contribution in [0.15, 0.2) is 67.3 Å². The van der Waals surface area contributed by atoms with E-state index in [0.29, 0.717) is 22.4 Å². The first-order chi connectivity index (χ1) is 15.2. The molecule has 0 saturated heterocycles. The number of anilines is 1. The summed E-state index contributed by atoms with van der Waals surface area (Å²) in [5.74, 6) is -0.993. The van der Waals surface area contributed by atoms with Gasteiger partial charge in [0.2, 0.25) is 5.91 Å². The van der Waals surface area contributed by atoms with E-state index in [1.165, 1.54) is 24.5 Å². The number of halogens is 3. The molecule has 1 heterocycles. The van der Waals surface area contributed by atoms with Crippen molar-refractivity contribution in [2.24, 2.45) is 0 Å². The van der Waals surface area contributed by atoms with Gasteiger partial charge < -0.3 is 10.1 Å². The monoisotopic (exact) mass is 441 g/mol. The van der Waals surface area contributed by atoms with Crippen molar-refractivity contribution in [3.05, 3.63) is 89.5 Å². The molecule has 1 amide bonds. The van der Waals surface area contributed by atoms with Crippen LogP contribution in [0.1, 0.15) is 27.0 Å². The van der Waals surface area contributed by atoms with Crippen molar-refractivity contribution < 1.29 is 27.5 Å². The molecule has 0 aliphatic carbocycles. The summed E-state index contributed by atoms with van der Waals surface area (Å²) in [5.41, 5.74) is 2.80. The maximum atomic E-state index is 12.6. The number of carbonyl (C=O) groups is 2. The molecular formula is C23H18F3N3O3. The number of aryl methyl sites for hydroxylation is 1. The zero-order valence-electron chi connectivity index (χ0n) is 16.9. The number of rotatable bonds is 7. The summed E-state index contributed by atoms with van der Waals surface area (Å²) in [6.07, 6.45) is 2.60. The lowest BCUT2D eigenvalue weighted by atomic mass is 10.0. The van der Waals surface area contributed by atoms with Crippen LogP contribution in [0.3, 0.4) is 0 Å². The molecule has 0 atom stereocenters. The first-order valence-corrected chi connectivity index (χ1v) is 9.42. The van der Waals surface area contributed by atoms with Crippen LogP contribution >= 0.6 is 0 Å². The fraction of sp³-hybridized carbons (Fsp3) is 0.130. The van der Waals surface area contributed by atoms with Crippen molar-refractivity contribution in [1.82, 2.24) is 9.97 Å². The molecule has 0 aliphatic rings. The van der Waals surface area contributed by atoms with Crippen LogP contribution < -0.4 is 10.1 Å². The standard InChI is InChI=1S/C23H18F3N3O3/c1-15-2-6-18(11-20(15)29-22(31)9-5-17-12-27-14-28-13-17)21(30)10-16-3-7-19(8-4-16)32-23(24,25)26/h2-9,11-14H,10H2,1H3,(H,29,31)/b9-5+. The molecule has 0 radical (unpaired) electrons. The minimum Gasteiger partial charge on any atom is -0.406 e. The third kappa shape index (κ3) is 6.76. The number of amides is 1. The Balaban J connectivity index is 1.66. The summed E-state index contributed by atoms with van der Waals surface area (Å²) in [4.78, 5) is 32.6. The zero-order chi connectivity index (χ0) is 23.1. The van der Waals surface area contributed by atoms with Gasteiger partial charge in [0.25, 0.3) is 0 Å². The first-order valence-electron chi connectivity index (χ1n) is 9.42. The van der Waals surface area contributed by atoms with Gasteiger partial charge in [-0.1, -0.05) is 24.3 Å². The lowest BCUT2D eigenvalue weighted by Crippen LogP contribution is -2.17. The quantitative estimate of drug-likeness (QED) is 0.422. The summed E-state index contributed by atoms with van der Waals surface area (Å²) in [6, 6.07) is 10.0. The molecule has 32 heavy (non-hydrogen) atoms. The molecule has 0 unspecified atom stereocenters. The van der Waals surface area contributed by atoms with Crippen molar-refractivity contribution in [3.63, 3.8) is 0 Å². The highest BCUT2D eigenvalue weighted by Crippen LogP contribution is 2.24. The topological polar surface area (TPSA) is 81.2 Å². The molecular weight excluding hydrogens is 423 g/mol. The van der Waals surface area contributed by atoms with Crippen molar-refractivity contribution in [2.45, 2.75) is 19.7 Å². The Kier molecular flexibility index (Phi) is 6.99. The molecule has 3 aromatic rings. The van der Waals surface area contributed by atoms with Crippen molar-refractivity contribution in [3.8, 4) is 5.75 Å². The maximum Gasteiger partial charge on any atom is 0.573 e. The summed E-state index contributed by atoms with van der Waals surface area (Å²) < 4.78 is 40.6. The molecule has 1 aromatic heterocycles. The lowest BCUT2D eigenvalue weighted by Gasteiger charge is -2.10. The Labute approximate surface area is 181 Å². The number of ketones is 1. The lowest BCUT2D eigenvalue weighted by molar-refractivity contribution is -0.274. The molecule has 0 spiro atoms. The molecule has 6 nitrogen and oxygen atoms in total. The number of benzene rings is 2. The van der Waals surface area contributed by atoms with E-state index >= 15 is 0 Å². The second-order valence-electron chi connectivity index (χ2n) is 6.82. The van der Waals surface area contributed by atoms with E-state index in [2.05, 4.69) is 20.0 Å². The van der Waals surface area contributed by atoms with Gasteiger partial charge in [0.05, 0.1) is 0 Å². The predicted molar refractivity (Wildman–Crippen MR) is 112 cm³/mol. The molecule has 3 rings (SSSR count). The number of hydrogen-bond acceptors (Lipinski definition) is 5. The number of alkyl halides is 3. The van der Waals surface area contributed by atoms with Gasteiger partial charge >= 0.3 is 6.36 Å². The molecule has 0 bridgehead atoms. The van der Waals surface area contributed by atoms with Gasteiger partial charge in [-0.25, -0.2) is 9.97 Å². The van der Waals surface area contributed by atoms with Gasteiger partial charge in [0.15, 0.2) is 5.78 Å². The second kappa shape index (κ2) is 9.86. The fourth-order valence-corrected chi connectivity index (χ4v) is 2.77. The molecule has 0 aliphatic heterocycles. The Morgan fingerprint density at radius 2 is 1.75 bits per heavy atom. The van der Waals surface area contributed by atoms with E-state index in [9.17, 15) is 22.8 Å². The van der Waals surface area contributed by atoms with Gasteiger partial charge in [0, 0.05) is 41.7 Å². The number of hydrogen-bond donors (Lipinski definition) is 1. The van der Waals surface area contributed by atoms with E-state index in [-0.39, 0.29) is 23.9 Å². The minimum atomic E-state index is -4.77. The number of carbonyl (C=O) groups excluding carboxylic acids is 2. The highest BCUT2D eigenvalue weighted by atomic mass is 19.4. The van der Waals surface area contributed by atoms with Crippen molar-refractivity contribution in [1.29, 1.82) is 0 Å².